The van der Waals surface area contributed by atoms with Crippen molar-refractivity contribution in [1.82, 2.24) is 4.90 Å². The van der Waals surface area contributed by atoms with Crippen molar-refractivity contribution in [3.63, 3.8) is 0 Å². The van der Waals surface area contributed by atoms with Crippen LogP contribution in [0.2, 0.25) is 0 Å². The maximum absolute atomic E-state index is 11.4. The average molecular weight is 195 g/mol. The fourth-order valence-electron chi connectivity index (χ4n) is 3.28. The summed E-state index contributed by atoms with van der Waals surface area (Å²) in [5, 5.41) is 0. The lowest BCUT2D eigenvalue weighted by atomic mass is 9.72. The Bertz CT molecular complexity index is 226. The number of likely N-dealkylation sites (tertiary alicyclic amines) is 1. The third-order valence-electron chi connectivity index (χ3n) is 4.12. The van der Waals surface area contributed by atoms with Gasteiger partial charge in [0.05, 0.1) is 6.04 Å². The first-order chi connectivity index (χ1) is 6.68. The van der Waals surface area contributed by atoms with Gasteiger partial charge in [-0.25, -0.2) is 0 Å². The largest absolute Gasteiger partial charge is 0.298 e. The molecule has 0 N–H and O–H groups in total. The number of piperidine rings is 1. The monoisotopic (exact) mass is 195 g/mol. The minimum absolute atomic E-state index is 0.217. The summed E-state index contributed by atoms with van der Waals surface area (Å²) < 4.78 is 0. The number of carbonyl (C=O) groups excluding carboxylic acids is 1. The zero-order valence-electron chi connectivity index (χ0n) is 9.33. The quantitative estimate of drug-likeness (QED) is 0.638. The van der Waals surface area contributed by atoms with E-state index in [1.807, 2.05) is 0 Å². The molecular formula is C12H21NO. The Kier molecular flexibility index (Phi) is 2.91. The molecule has 0 bridgehead atoms. The van der Waals surface area contributed by atoms with Crippen molar-refractivity contribution in [3.8, 4) is 0 Å². The molecule has 0 amide bonds. The van der Waals surface area contributed by atoms with Crippen LogP contribution in [0, 0.1) is 11.8 Å². The van der Waals surface area contributed by atoms with Gasteiger partial charge < -0.3 is 0 Å². The summed E-state index contributed by atoms with van der Waals surface area (Å²) >= 11 is 0. The van der Waals surface area contributed by atoms with Crippen LogP contribution in [0.4, 0.5) is 0 Å². The lowest BCUT2D eigenvalue weighted by Gasteiger charge is -2.43. The number of carbonyl (C=O) groups is 1. The first-order valence-corrected chi connectivity index (χ1v) is 5.89. The van der Waals surface area contributed by atoms with E-state index in [1.54, 1.807) is 6.92 Å². The molecule has 2 aliphatic rings. The standard InChI is InChI=1S/C12H21NO/c1-9(14)12-7-10-5-3-4-6-11(10)8-13(12)2/h10-12H,3-8H2,1-2H3. The zero-order valence-corrected chi connectivity index (χ0v) is 9.33. The highest BCUT2D eigenvalue weighted by atomic mass is 16.1. The van der Waals surface area contributed by atoms with Gasteiger partial charge in [0.15, 0.2) is 0 Å². The molecule has 3 unspecified atom stereocenters. The molecule has 0 aromatic rings. The Morgan fingerprint density at radius 1 is 1.21 bits per heavy atom. The second-order valence-electron chi connectivity index (χ2n) is 5.11. The van der Waals surface area contributed by atoms with E-state index in [2.05, 4.69) is 11.9 Å². The number of ketones is 1. The first kappa shape index (κ1) is 10.2. The van der Waals surface area contributed by atoms with E-state index in [0.717, 1.165) is 24.8 Å². The van der Waals surface area contributed by atoms with Crippen molar-refractivity contribution in [3.05, 3.63) is 0 Å². The van der Waals surface area contributed by atoms with Crippen LogP contribution in [0.25, 0.3) is 0 Å². The van der Waals surface area contributed by atoms with Gasteiger partial charge in [-0.05, 0) is 38.6 Å². The van der Waals surface area contributed by atoms with Crippen LogP contribution in [0.3, 0.4) is 0 Å². The van der Waals surface area contributed by atoms with E-state index >= 15 is 0 Å². The van der Waals surface area contributed by atoms with E-state index in [0.29, 0.717) is 5.78 Å². The minimum Gasteiger partial charge on any atom is -0.298 e. The molecule has 2 heteroatoms. The van der Waals surface area contributed by atoms with E-state index in [4.69, 9.17) is 0 Å². The van der Waals surface area contributed by atoms with Gasteiger partial charge in [0, 0.05) is 6.54 Å². The predicted molar refractivity (Wildman–Crippen MR) is 57.2 cm³/mol. The molecule has 2 rings (SSSR count). The molecule has 14 heavy (non-hydrogen) atoms. The first-order valence-electron chi connectivity index (χ1n) is 5.89. The molecular weight excluding hydrogens is 174 g/mol. The number of hydrogen-bond acceptors (Lipinski definition) is 2. The molecule has 1 saturated carbocycles. The third-order valence-corrected chi connectivity index (χ3v) is 4.12. The van der Waals surface area contributed by atoms with Crippen molar-refractivity contribution in [1.29, 1.82) is 0 Å². The fourth-order valence-corrected chi connectivity index (χ4v) is 3.28. The number of fused-ring (bicyclic) bond motifs is 1. The highest BCUT2D eigenvalue weighted by molar-refractivity contribution is 5.81. The van der Waals surface area contributed by atoms with Crippen LogP contribution >= 0.6 is 0 Å². The summed E-state index contributed by atoms with van der Waals surface area (Å²) in [4.78, 5) is 13.7. The molecule has 1 aliphatic carbocycles. The van der Waals surface area contributed by atoms with E-state index in [-0.39, 0.29) is 6.04 Å². The van der Waals surface area contributed by atoms with Crippen LogP contribution < -0.4 is 0 Å². The molecule has 1 heterocycles. The summed E-state index contributed by atoms with van der Waals surface area (Å²) in [6.07, 6.45) is 6.66. The van der Waals surface area contributed by atoms with Crippen LogP contribution in [-0.4, -0.2) is 30.3 Å². The van der Waals surface area contributed by atoms with E-state index < -0.39 is 0 Å². The van der Waals surface area contributed by atoms with Gasteiger partial charge in [0.1, 0.15) is 5.78 Å². The Morgan fingerprint density at radius 2 is 1.86 bits per heavy atom. The van der Waals surface area contributed by atoms with Crippen molar-refractivity contribution in [2.75, 3.05) is 13.6 Å². The maximum Gasteiger partial charge on any atom is 0.146 e. The van der Waals surface area contributed by atoms with Crippen LogP contribution in [0.1, 0.15) is 39.0 Å². The molecule has 1 aliphatic heterocycles. The van der Waals surface area contributed by atoms with E-state index in [1.165, 1.54) is 25.7 Å². The van der Waals surface area contributed by atoms with Crippen molar-refractivity contribution < 1.29 is 4.79 Å². The van der Waals surface area contributed by atoms with Crippen molar-refractivity contribution >= 4 is 5.78 Å². The fraction of sp³-hybridized carbons (Fsp3) is 0.917. The number of Topliss-reactive ketones (excluding diaryl/α,β-unsaturated/α-hetero) is 1. The third kappa shape index (κ3) is 1.85. The predicted octanol–water partition coefficient (Wildman–Crippen LogP) is 2.09. The molecule has 1 saturated heterocycles. The molecule has 2 nitrogen and oxygen atoms in total. The van der Waals surface area contributed by atoms with Crippen LogP contribution in [0.5, 0.6) is 0 Å². The lowest BCUT2D eigenvalue weighted by molar-refractivity contribution is -0.124. The topological polar surface area (TPSA) is 20.3 Å². The molecule has 80 valence electrons. The molecule has 0 aromatic carbocycles. The van der Waals surface area contributed by atoms with Crippen LogP contribution in [0.15, 0.2) is 0 Å². The van der Waals surface area contributed by atoms with Gasteiger partial charge in [-0.2, -0.15) is 0 Å². The van der Waals surface area contributed by atoms with Gasteiger partial charge in [-0.3, -0.25) is 9.69 Å². The average Bonchev–Trinajstić information content (AvgIpc) is 2.16. The van der Waals surface area contributed by atoms with Crippen molar-refractivity contribution in [2.45, 2.75) is 45.1 Å². The number of likely N-dealkylation sites (N-methyl/N-ethyl adjacent to an activating group) is 1. The van der Waals surface area contributed by atoms with Gasteiger partial charge in [0.25, 0.3) is 0 Å². The Labute approximate surface area is 86.7 Å². The lowest BCUT2D eigenvalue weighted by Crippen LogP contribution is -2.49. The van der Waals surface area contributed by atoms with Gasteiger partial charge in [0.2, 0.25) is 0 Å². The Balaban J connectivity index is 2.03. The second-order valence-corrected chi connectivity index (χ2v) is 5.11. The summed E-state index contributed by atoms with van der Waals surface area (Å²) in [5.74, 6) is 2.08. The second kappa shape index (κ2) is 4.01. The van der Waals surface area contributed by atoms with Crippen LogP contribution in [-0.2, 0) is 4.79 Å². The van der Waals surface area contributed by atoms with Gasteiger partial charge in [-0.1, -0.05) is 19.3 Å². The highest BCUT2D eigenvalue weighted by Crippen LogP contribution is 2.37. The SMILES string of the molecule is CC(=O)C1CC2CCCCC2CN1C. The molecule has 2 fully saturated rings. The highest BCUT2D eigenvalue weighted by Gasteiger charge is 2.36. The molecule has 0 spiro atoms. The summed E-state index contributed by atoms with van der Waals surface area (Å²) in [6, 6.07) is 0.217. The van der Waals surface area contributed by atoms with Gasteiger partial charge >= 0.3 is 0 Å². The van der Waals surface area contributed by atoms with E-state index in [9.17, 15) is 4.79 Å². The van der Waals surface area contributed by atoms with Crippen molar-refractivity contribution in [2.24, 2.45) is 11.8 Å². The number of rotatable bonds is 1. The molecule has 0 aromatic heterocycles. The summed E-state index contributed by atoms with van der Waals surface area (Å²) in [5.41, 5.74) is 0. The summed E-state index contributed by atoms with van der Waals surface area (Å²) in [7, 11) is 2.11. The Hall–Kier alpha value is -0.370. The number of hydrogen-bond donors (Lipinski definition) is 0. The zero-order chi connectivity index (χ0) is 10.1. The molecule has 3 atom stereocenters. The smallest absolute Gasteiger partial charge is 0.146 e. The van der Waals surface area contributed by atoms with Gasteiger partial charge in [-0.15, -0.1) is 0 Å². The molecule has 0 radical (unpaired) electrons. The Morgan fingerprint density at radius 3 is 2.50 bits per heavy atom. The summed E-state index contributed by atoms with van der Waals surface area (Å²) in [6.45, 7) is 2.89. The normalized spacial score (nSPS) is 39.1. The minimum atomic E-state index is 0.217. The maximum atomic E-state index is 11.4. The number of nitrogens with zero attached hydrogens (tertiary/aromatic N) is 1.